The summed E-state index contributed by atoms with van der Waals surface area (Å²) in [7, 11) is 0. The van der Waals surface area contributed by atoms with Crippen LogP contribution in [-0.4, -0.2) is 42.9 Å². The van der Waals surface area contributed by atoms with E-state index in [1.54, 1.807) is 0 Å². The Bertz CT molecular complexity index is 403. The zero-order valence-electron chi connectivity index (χ0n) is 11.2. The second kappa shape index (κ2) is 8.79. The van der Waals surface area contributed by atoms with Gasteiger partial charge in [0, 0.05) is 6.54 Å². The molecule has 1 heterocycles. The van der Waals surface area contributed by atoms with E-state index < -0.39 is 6.10 Å². The highest BCUT2D eigenvalue weighted by atomic mass is 35.5. The molecule has 0 aromatic heterocycles. The fraction of sp³-hybridized carbons (Fsp3) is 0.500. The molecule has 112 valence electrons. The number of hydrogen-bond donors (Lipinski definition) is 3. The molecule has 0 radical (unpaired) electrons. The summed E-state index contributed by atoms with van der Waals surface area (Å²) >= 11 is 0. The number of halogens is 1. The van der Waals surface area contributed by atoms with E-state index in [9.17, 15) is 9.90 Å². The summed E-state index contributed by atoms with van der Waals surface area (Å²) in [6.07, 6.45) is 0.547. The van der Waals surface area contributed by atoms with Gasteiger partial charge < -0.3 is 20.5 Å². The molecule has 0 unspecified atom stereocenters. The monoisotopic (exact) mass is 300 g/mol. The number of piperidine rings is 1. The van der Waals surface area contributed by atoms with E-state index in [1.807, 2.05) is 30.3 Å². The number of carbonyl (C=O) groups is 1. The number of hydrogen-bond acceptors (Lipinski definition) is 4. The van der Waals surface area contributed by atoms with Gasteiger partial charge in [0.1, 0.15) is 5.75 Å². The minimum absolute atomic E-state index is 0. The van der Waals surface area contributed by atoms with Gasteiger partial charge in [-0.3, -0.25) is 4.79 Å². The van der Waals surface area contributed by atoms with Crippen molar-refractivity contribution in [3.63, 3.8) is 0 Å². The van der Waals surface area contributed by atoms with Crippen molar-refractivity contribution in [1.82, 2.24) is 10.6 Å². The van der Waals surface area contributed by atoms with Gasteiger partial charge in [0.2, 0.25) is 5.91 Å². The van der Waals surface area contributed by atoms with Crippen LogP contribution in [0.5, 0.6) is 5.75 Å². The van der Waals surface area contributed by atoms with Gasteiger partial charge in [-0.2, -0.15) is 0 Å². The number of benzene rings is 1. The van der Waals surface area contributed by atoms with Gasteiger partial charge in [0.05, 0.1) is 25.2 Å². The molecule has 1 aliphatic rings. The summed E-state index contributed by atoms with van der Waals surface area (Å²) in [5.74, 6) is 0.680. The Morgan fingerprint density at radius 1 is 1.40 bits per heavy atom. The lowest BCUT2D eigenvalue weighted by Crippen LogP contribution is -2.52. The number of aliphatic hydroxyl groups is 1. The number of amides is 1. The molecule has 5 nitrogen and oxygen atoms in total. The first-order chi connectivity index (χ1) is 9.25. The zero-order chi connectivity index (χ0) is 13.5. The van der Waals surface area contributed by atoms with Crippen LogP contribution in [0.1, 0.15) is 12.8 Å². The van der Waals surface area contributed by atoms with Crippen LogP contribution in [0.3, 0.4) is 0 Å². The Labute approximate surface area is 125 Å². The Morgan fingerprint density at radius 3 is 2.85 bits per heavy atom. The smallest absolute Gasteiger partial charge is 0.223 e. The van der Waals surface area contributed by atoms with E-state index in [0.29, 0.717) is 19.6 Å². The standard InChI is InChI=1S/C14H20N2O3.ClH/c17-13-10-15-8-6-12(13)16-14(18)7-9-19-11-4-2-1-3-5-11;/h1-5,12-13,15,17H,6-10H2,(H,16,18);1H/t12-,13-;/m1./s1. The number of ether oxygens (including phenoxy) is 1. The minimum Gasteiger partial charge on any atom is -0.493 e. The maximum Gasteiger partial charge on any atom is 0.223 e. The summed E-state index contributed by atoms with van der Waals surface area (Å²) in [4.78, 5) is 11.7. The van der Waals surface area contributed by atoms with E-state index in [0.717, 1.165) is 18.7 Å². The highest BCUT2D eigenvalue weighted by molar-refractivity contribution is 5.85. The quantitative estimate of drug-likeness (QED) is 0.749. The number of β-amino-alcohol motifs (C(OH)–C–C–N with tert-alkyl or cyclic N) is 1. The van der Waals surface area contributed by atoms with E-state index >= 15 is 0 Å². The molecule has 1 amide bonds. The second-order valence-electron chi connectivity index (χ2n) is 4.65. The number of nitrogens with one attached hydrogen (secondary N) is 2. The molecule has 1 aromatic carbocycles. The van der Waals surface area contributed by atoms with Crippen molar-refractivity contribution in [3.05, 3.63) is 30.3 Å². The third-order valence-corrected chi connectivity index (χ3v) is 3.14. The molecular weight excluding hydrogens is 280 g/mol. The lowest BCUT2D eigenvalue weighted by atomic mass is 10.0. The highest BCUT2D eigenvalue weighted by Gasteiger charge is 2.23. The lowest BCUT2D eigenvalue weighted by Gasteiger charge is -2.29. The Balaban J connectivity index is 0.00000200. The second-order valence-corrected chi connectivity index (χ2v) is 4.65. The summed E-state index contributed by atoms with van der Waals surface area (Å²) in [5, 5.41) is 15.6. The highest BCUT2D eigenvalue weighted by Crippen LogP contribution is 2.08. The summed E-state index contributed by atoms with van der Waals surface area (Å²) in [6, 6.07) is 9.26. The molecule has 0 spiro atoms. The van der Waals surface area contributed by atoms with Crippen molar-refractivity contribution in [2.45, 2.75) is 25.0 Å². The van der Waals surface area contributed by atoms with Gasteiger partial charge >= 0.3 is 0 Å². The van der Waals surface area contributed by atoms with E-state index in [1.165, 1.54) is 0 Å². The third-order valence-electron chi connectivity index (χ3n) is 3.14. The average Bonchev–Trinajstić information content (AvgIpc) is 2.43. The molecule has 0 aliphatic carbocycles. The fourth-order valence-electron chi connectivity index (χ4n) is 2.07. The Hall–Kier alpha value is -1.30. The van der Waals surface area contributed by atoms with Gasteiger partial charge in [-0.1, -0.05) is 18.2 Å². The molecule has 0 bridgehead atoms. The van der Waals surface area contributed by atoms with Crippen molar-refractivity contribution >= 4 is 18.3 Å². The number of carbonyl (C=O) groups excluding carboxylic acids is 1. The average molecular weight is 301 g/mol. The van der Waals surface area contributed by atoms with Gasteiger partial charge in [0.15, 0.2) is 0 Å². The van der Waals surface area contributed by atoms with Crippen LogP contribution in [0.25, 0.3) is 0 Å². The molecule has 2 atom stereocenters. The van der Waals surface area contributed by atoms with E-state index in [4.69, 9.17) is 4.74 Å². The van der Waals surface area contributed by atoms with E-state index in [-0.39, 0.29) is 24.4 Å². The fourth-order valence-corrected chi connectivity index (χ4v) is 2.07. The van der Waals surface area contributed by atoms with Crippen LogP contribution < -0.4 is 15.4 Å². The Morgan fingerprint density at radius 2 is 2.15 bits per heavy atom. The molecule has 1 aromatic rings. The normalized spacial score (nSPS) is 21.6. The topological polar surface area (TPSA) is 70.6 Å². The SMILES string of the molecule is Cl.O=C(CCOc1ccccc1)N[C@@H]1CCNC[C@H]1O. The predicted octanol–water partition coefficient (Wildman–Crippen LogP) is 0.716. The first kappa shape index (κ1) is 16.8. The van der Waals surface area contributed by atoms with Crippen LogP contribution >= 0.6 is 12.4 Å². The van der Waals surface area contributed by atoms with Crippen LogP contribution in [0.15, 0.2) is 30.3 Å². The maximum atomic E-state index is 11.7. The minimum atomic E-state index is -0.507. The van der Waals surface area contributed by atoms with Crippen molar-refractivity contribution in [3.8, 4) is 5.75 Å². The van der Waals surface area contributed by atoms with Gasteiger partial charge in [-0.15, -0.1) is 12.4 Å². The number of rotatable bonds is 5. The van der Waals surface area contributed by atoms with Crippen LogP contribution in [0.4, 0.5) is 0 Å². The molecular formula is C14H21ClN2O3. The molecule has 1 saturated heterocycles. The van der Waals surface area contributed by atoms with Crippen LogP contribution in [-0.2, 0) is 4.79 Å². The molecule has 1 aliphatic heterocycles. The van der Waals surface area contributed by atoms with E-state index in [2.05, 4.69) is 10.6 Å². The summed E-state index contributed by atoms with van der Waals surface area (Å²) in [5.41, 5.74) is 0. The first-order valence-corrected chi connectivity index (χ1v) is 6.61. The number of para-hydroxylation sites is 1. The molecule has 6 heteroatoms. The van der Waals surface area contributed by atoms with Crippen molar-refractivity contribution in [1.29, 1.82) is 0 Å². The molecule has 20 heavy (non-hydrogen) atoms. The molecule has 2 rings (SSSR count). The van der Waals surface area contributed by atoms with Gasteiger partial charge in [0.25, 0.3) is 0 Å². The Kier molecular flexibility index (Phi) is 7.36. The van der Waals surface area contributed by atoms with Crippen molar-refractivity contribution in [2.24, 2.45) is 0 Å². The summed E-state index contributed by atoms with van der Waals surface area (Å²) in [6.45, 7) is 1.70. The van der Waals surface area contributed by atoms with Gasteiger partial charge in [-0.25, -0.2) is 0 Å². The van der Waals surface area contributed by atoms with Crippen molar-refractivity contribution in [2.75, 3.05) is 19.7 Å². The maximum absolute atomic E-state index is 11.7. The summed E-state index contributed by atoms with van der Waals surface area (Å²) < 4.78 is 5.46. The number of aliphatic hydroxyl groups excluding tert-OH is 1. The zero-order valence-corrected chi connectivity index (χ0v) is 12.1. The van der Waals surface area contributed by atoms with Crippen LogP contribution in [0.2, 0.25) is 0 Å². The first-order valence-electron chi connectivity index (χ1n) is 6.61. The molecule has 0 saturated carbocycles. The third kappa shape index (κ3) is 5.36. The molecule has 3 N–H and O–H groups in total. The predicted molar refractivity (Wildman–Crippen MR) is 79.2 cm³/mol. The largest absolute Gasteiger partial charge is 0.493 e. The lowest BCUT2D eigenvalue weighted by molar-refractivity contribution is -0.123. The van der Waals surface area contributed by atoms with Crippen molar-refractivity contribution < 1.29 is 14.6 Å². The van der Waals surface area contributed by atoms with Gasteiger partial charge in [-0.05, 0) is 25.1 Å². The van der Waals surface area contributed by atoms with Crippen LogP contribution in [0, 0.1) is 0 Å². The molecule has 1 fully saturated rings.